The SMILES string of the molecule is Brc1cccc2[nH]c3c(c12)CCN(Cc1ccccc1)CC3. The first-order valence-corrected chi connectivity index (χ1v) is 8.65. The van der Waals surface area contributed by atoms with E-state index in [2.05, 4.69) is 74.3 Å². The minimum atomic E-state index is 1.05. The minimum Gasteiger partial charge on any atom is -0.358 e. The summed E-state index contributed by atoms with van der Waals surface area (Å²) in [4.78, 5) is 6.19. The van der Waals surface area contributed by atoms with Crippen molar-refractivity contribution in [2.45, 2.75) is 19.4 Å². The van der Waals surface area contributed by atoms with E-state index in [1.807, 2.05) is 0 Å². The van der Waals surface area contributed by atoms with Crippen LogP contribution in [0.1, 0.15) is 16.8 Å². The quantitative estimate of drug-likeness (QED) is 0.716. The maximum absolute atomic E-state index is 3.72. The van der Waals surface area contributed by atoms with Gasteiger partial charge in [0.2, 0.25) is 0 Å². The summed E-state index contributed by atoms with van der Waals surface area (Å²) < 4.78 is 1.21. The Morgan fingerprint density at radius 3 is 2.64 bits per heavy atom. The van der Waals surface area contributed by atoms with Crippen molar-refractivity contribution in [2.75, 3.05) is 13.1 Å². The van der Waals surface area contributed by atoms with Gasteiger partial charge in [0.15, 0.2) is 0 Å². The molecule has 1 N–H and O–H groups in total. The van der Waals surface area contributed by atoms with Crippen molar-refractivity contribution in [1.82, 2.24) is 9.88 Å². The van der Waals surface area contributed by atoms with Crippen molar-refractivity contribution in [3.63, 3.8) is 0 Å². The Bertz CT molecular complexity index is 792. The highest BCUT2D eigenvalue weighted by molar-refractivity contribution is 9.10. The van der Waals surface area contributed by atoms with Gasteiger partial charge in [0, 0.05) is 47.1 Å². The zero-order chi connectivity index (χ0) is 14.9. The van der Waals surface area contributed by atoms with Crippen molar-refractivity contribution in [3.8, 4) is 0 Å². The fourth-order valence-corrected chi connectivity index (χ4v) is 4.07. The molecule has 0 spiro atoms. The van der Waals surface area contributed by atoms with Crippen molar-refractivity contribution in [3.05, 3.63) is 69.8 Å². The summed E-state index contributed by atoms with van der Waals surface area (Å²) in [5.74, 6) is 0. The van der Waals surface area contributed by atoms with E-state index in [1.165, 1.54) is 32.2 Å². The van der Waals surface area contributed by atoms with Gasteiger partial charge in [0.05, 0.1) is 0 Å². The average Bonchev–Trinajstić information content (AvgIpc) is 2.79. The lowest BCUT2D eigenvalue weighted by molar-refractivity contribution is 0.279. The molecule has 0 saturated heterocycles. The van der Waals surface area contributed by atoms with Gasteiger partial charge in [-0.15, -0.1) is 0 Å². The fourth-order valence-electron chi connectivity index (χ4n) is 3.46. The van der Waals surface area contributed by atoms with Gasteiger partial charge < -0.3 is 4.98 Å². The summed E-state index contributed by atoms with van der Waals surface area (Å²) in [6.45, 7) is 3.28. The third-order valence-electron chi connectivity index (χ3n) is 4.57. The Labute approximate surface area is 139 Å². The number of hydrogen-bond acceptors (Lipinski definition) is 1. The molecule has 0 unspecified atom stereocenters. The maximum atomic E-state index is 3.72. The van der Waals surface area contributed by atoms with Crippen LogP contribution in [0.25, 0.3) is 10.9 Å². The van der Waals surface area contributed by atoms with E-state index in [-0.39, 0.29) is 0 Å². The molecule has 4 rings (SSSR count). The first kappa shape index (κ1) is 14.0. The molecule has 0 amide bonds. The molecule has 0 bridgehead atoms. The summed E-state index contributed by atoms with van der Waals surface area (Å²) >= 11 is 3.72. The number of nitrogens with one attached hydrogen (secondary N) is 1. The lowest BCUT2D eigenvalue weighted by Gasteiger charge is -2.19. The average molecular weight is 355 g/mol. The Morgan fingerprint density at radius 1 is 0.955 bits per heavy atom. The number of rotatable bonds is 2. The van der Waals surface area contributed by atoms with Crippen LogP contribution in [0.3, 0.4) is 0 Å². The van der Waals surface area contributed by atoms with E-state index in [9.17, 15) is 0 Å². The number of aromatic amines is 1. The van der Waals surface area contributed by atoms with Crippen LogP contribution in [0.4, 0.5) is 0 Å². The molecule has 1 aliphatic rings. The standard InChI is InChI=1S/C19H19BrN2/c20-16-7-4-8-18-19(16)15-9-11-22(12-10-17(15)21-18)13-14-5-2-1-3-6-14/h1-8,21H,9-13H2. The second-order valence-corrected chi connectivity index (χ2v) is 6.86. The number of halogens is 1. The number of hydrogen-bond donors (Lipinski definition) is 1. The number of fused-ring (bicyclic) bond motifs is 3. The molecular weight excluding hydrogens is 336 g/mol. The zero-order valence-electron chi connectivity index (χ0n) is 12.5. The van der Waals surface area contributed by atoms with Crippen LogP contribution in [0.15, 0.2) is 53.0 Å². The molecule has 2 heterocycles. The van der Waals surface area contributed by atoms with Gasteiger partial charge in [-0.2, -0.15) is 0 Å². The van der Waals surface area contributed by atoms with Gasteiger partial charge in [0.25, 0.3) is 0 Å². The Balaban J connectivity index is 1.58. The molecule has 22 heavy (non-hydrogen) atoms. The molecule has 0 saturated carbocycles. The van der Waals surface area contributed by atoms with Gasteiger partial charge >= 0.3 is 0 Å². The number of H-pyrrole nitrogens is 1. The van der Waals surface area contributed by atoms with Crippen LogP contribution in [0.5, 0.6) is 0 Å². The zero-order valence-corrected chi connectivity index (χ0v) is 14.1. The monoisotopic (exact) mass is 354 g/mol. The van der Waals surface area contributed by atoms with Crippen molar-refractivity contribution >= 4 is 26.8 Å². The van der Waals surface area contributed by atoms with Gasteiger partial charge in [-0.05, 0) is 29.7 Å². The third-order valence-corrected chi connectivity index (χ3v) is 5.23. The first-order valence-electron chi connectivity index (χ1n) is 7.85. The lowest BCUT2D eigenvalue weighted by atomic mass is 10.1. The highest BCUT2D eigenvalue weighted by Crippen LogP contribution is 2.31. The van der Waals surface area contributed by atoms with Crippen LogP contribution in [-0.4, -0.2) is 23.0 Å². The predicted octanol–water partition coefficient (Wildman–Crippen LogP) is 4.53. The third kappa shape index (κ3) is 2.59. The Morgan fingerprint density at radius 2 is 1.77 bits per heavy atom. The van der Waals surface area contributed by atoms with Crippen LogP contribution < -0.4 is 0 Å². The topological polar surface area (TPSA) is 19.0 Å². The van der Waals surface area contributed by atoms with E-state index in [0.29, 0.717) is 0 Å². The molecule has 0 atom stereocenters. The lowest BCUT2D eigenvalue weighted by Crippen LogP contribution is -2.26. The molecule has 1 aliphatic heterocycles. The maximum Gasteiger partial charge on any atom is 0.0470 e. The molecule has 112 valence electrons. The van der Waals surface area contributed by atoms with Crippen molar-refractivity contribution in [2.24, 2.45) is 0 Å². The summed E-state index contributed by atoms with van der Waals surface area (Å²) in [6.07, 6.45) is 2.22. The number of benzene rings is 2. The van der Waals surface area contributed by atoms with E-state index < -0.39 is 0 Å². The van der Waals surface area contributed by atoms with Crippen LogP contribution >= 0.6 is 15.9 Å². The van der Waals surface area contributed by atoms with Crippen LogP contribution in [-0.2, 0) is 19.4 Å². The Kier molecular flexibility index (Phi) is 3.77. The molecule has 1 aromatic heterocycles. The highest BCUT2D eigenvalue weighted by Gasteiger charge is 2.19. The Hall–Kier alpha value is -1.58. The summed E-state index contributed by atoms with van der Waals surface area (Å²) in [7, 11) is 0. The van der Waals surface area contributed by atoms with E-state index >= 15 is 0 Å². The van der Waals surface area contributed by atoms with Crippen molar-refractivity contribution < 1.29 is 0 Å². The van der Waals surface area contributed by atoms with Gasteiger partial charge in [0.1, 0.15) is 0 Å². The highest BCUT2D eigenvalue weighted by atomic mass is 79.9. The van der Waals surface area contributed by atoms with E-state index in [0.717, 1.165) is 32.5 Å². The smallest absolute Gasteiger partial charge is 0.0470 e. The number of aromatic nitrogens is 1. The minimum absolute atomic E-state index is 1.05. The van der Waals surface area contributed by atoms with Crippen LogP contribution in [0, 0.1) is 0 Å². The molecule has 0 fully saturated rings. The normalized spacial score (nSPS) is 15.7. The van der Waals surface area contributed by atoms with Gasteiger partial charge in [-0.3, -0.25) is 4.90 Å². The van der Waals surface area contributed by atoms with E-state index in [1.54, 1.807) is 0 Å². The summed E-state index contributed by atoms with van der Waals surface area (Å²) in [6, 6.07) is 17.2. The second-order valence-electron chi connectivity index (χ2n) is 6.01. The fraction of sp³-hybridized carbons (Fsp3) is 0.263. The largest absolute Gasteiger partial charge is 0.358 e. The van der Waals surface area contributed by atoms with Gasteiger partial charge in [-0.1, -0.05) is 52.3 Å². The summed E-state index contributed by atoms with van der Waals surface area (Å²) in [5, 5.41) is 1.37. The molecular formula is C19H19BrN2. The van der Waals surface area contributed by atoms with Crippen LogP contribution in [0.2, 0.25) is 0 Å². The second kappa shape index (κ2) is 5.90. The van der Waals surface area contributed by atoms with Crippen molar-refractivity contribution in [1.29, 1.82) is 0 Å². The number of nitrogens with zero attached hydrogens (tertiary/aromatic N) is 1. The molecule has 2 aromatic carbocycles. The predicted molar refractivity (Wildman–Crippen MR) is 95.1 cm³/mol. The molecule has 0 radical (unpaired) electrons. The van der Waals surface area contributed by atoms with Gasteiger partial charge in [-0.25, -0.2) is 0 Å². The molecule has 3 heteroatoms. The molecule has 3 aromatic rings. The molecule has 0 aliphatic carbocycles. The molecule has 2 nitrogen and oxygen atoms in total. The van der Waals surface area contributed by atoms with E-state index in [4.69, 9.17) is 0 Å². The first-order chi connectivity index (χ1) is 10.8. The summed E-state index contributed by atoms with van der Waals surface area (Å²) in [5.41, 5.74) is 5.57.